The van der Waals surface area contributed by atoms with Crippen LogP contribution in [0.1, 0.15) is 35.9 Å². The van der Waals surface area contributed by atoms with Crippen molar-refractivity contribution in [3.8, 4) is 0 Å². The minimum Gasteiger partial charge on any atom is -0.456 e. The molecule has 4 aromatic rings. The number of rotatable bonds is 4. The molecule has 0 unspecified atom stereocenters. The lowest BCUT2D eigenvalue weighted by Crippen LogP contribution is -2.27. The Balaban J connectivity index is 1.73. The third-order valence-electron chi connectivity index (χ3n) is 4.66. The van der Waals surface area contributed by atoms with E-state index in [1.807, 2.05) is 13.8 Å². The van der Waals surface area contributed by atoms with E-state index < -0.39 is 11.6 Å². The summed E-state index contributed by atoms with van der Waals surface area (Å²) in [7, 11) is 0. The molecule has 0 radical (unpaired) electrons. The van der Waals surface area contributed by atoms with E-state index in [0.717, 1.165) is 4.47 Å². The number of ether oxygens (including phenoxy) is 1. The van der Waals surface area contributed by atoms with Gasteiger partial charge >= 0.3 is 11.6 Å². The van der Waals surface area contributed by atoms with Crippen molar-refractivity contribution in [2.75, 3.05) is 0 Å². The number of halogens is 1. The quantitative estimate of drug-likeness (QED) is 0.329. The Kier molecular flexibility index (Phi) is 5.26. The highest BCUT2D eigenvalue weighted by atomic mass is 79.9. The lowest BCUT2D eigenvalue weighted by Gasteiger charge is -2.13. The Morgan fingerprint density at radius 3 is 2.57 bits per heavy atom. The van der Waals surface area contributed by atoms with Gasteiger partial charge in [-0.25, -0.2) is 14.3 Å². The molecule has 4 rings (SSSR count). The van der Waals surface area contributed by atoms with Crippen LogP contribution in [-0.4, -0.2) is 15.7 Å². The van der Waals surface area contributed by atoms with Gasteiger partial charge in [0.15, 0.2) is 5.69 Å². The molecule has 7 nitrogen and oxygen atoms in total. The summed E-state index contributed by atoms with van der Waals surface area (Å²) in [5, 5.41) is 5.72. The second-order valence-electron chi connectivity index (χ2n) is 7.04. The highest BCUT2D eigenvalue weighted by Crippen LogP contribution is 2.23. The smallest absolute Gasteiger partial charge is 0.359 e. The molecule has 0 saturated carbocycles. The summed E-state index contributed by atoms with van der Waals surface area (Å²) in [5.74, 6) is -0.681. The molecule has 2 heterocycles. The number of carbonyl (C=O) groups excluding carboxylic acids is 1. The molecule has 30 heavy (non-hydrogen) atoms. The van der Waals surface area contributed by atoms with Gasteiger partial charge in [0.25, 0.3) is 5.56 Å². The Bertz CT molecular complexity index is 1400. The number of hydrogen-bond acceptors (Lipinski definition) is 6. The largest absolute Gasteiger partial charge is 0.456 e. The van der Waals surface area contributed by atoms with Crippen molar-refractivity contribution >= 4 is 43.6 Å². The van der Waals surface area contributed by atoms with Gasteiger partial charge in [-0.05, 0) is 38.1 Å². The van der Waals surface area contributed by atoms with E-state index in [2.05, 4.69) is 21.0 Å². The second-order valence-corrected chi connectivity index (χ2v) is 7.96. The van der Waals surface area contributed by atoms with Gasteiger partial charge in [-0.2, -0.15) is 5.10 Å². The van der Waals surface area contributed by atoms with E-state index in [1.54, 1.807) is 42.5 Å². The van der Waals surface area contributed by atoms with E-state index in [-0.39, 0.29) is 23.9 Å². The number of benzene rings is 2. The monoisotopic (exact) mass is 468 g/mol. The van der Waals surface area contributed by atoms with Crippen LogP contribution in [0.15, 0.2) is 67.0 Å². The summed E-state index contributed by atoms with van der Waals surface area (Å²) >= 11 is 3.34. The molecule has 2 aromatic heterocycles. The number of nitrogens with zero attached hydrogens (tertiary/aromatic N) is 2. The van der Waals surface area contributed by atoms with E-state index >= 15 is 0 Å². The van der Waals surface area contributed by atoms with E-state index in [4.69, 9.17) is 9.15 Å². The molecule has 0 aliphatic carbocycles. The minimum atomic E-state index is -0.681. The molecular formula is C22H17BrN2O5. The van der Waals surface area contributed by atoms with Crippen LogP contribution >= 0.6 is 15.9 Å². The van der Waals surface area contributed by atoms with Crippen LogP contribution in [0.3, 0.4) is 0 Å². The maximum Gasteiger partial charge on any atom is 0.359 e. The maximum atomic E-state index is 12.9. The first kappa shape index (κ1) is 20.0. The molecule has 152 valence electrons. The van der Waals surface area contributed by atoms with E-state index in [0.29, 0.717) is 27.3 Å². The standard InChI is InChI=1S/C22H17BrN2O5/c1-12(2)25-21(27)17-6-4-3-5-16(17)20(24-25)22(28)29-11-13-9-19(26)30-18-10-14(23)7-8-15(13)18/h3-10,12H,11H2,1-2H3. The molecule has 0 saturated heterocycles. The van der Waals surface area contributed by atoms with Crippen LogP contribution in [0.25, 0.3) is 21.7 Å². The molecule has 0 amide bonds. The van der Waals surface area contributed by atoms with Crippen molar-refractivity contribution in [1.29, 1.82) is 0 Å². The molecule has 0 spiro atoms. The summed E-state index contributed by atoms with van der Waals surface area (Å²) in [6.45, 7) is 3.48. The van der Waals surface area contributed by atoms with Crippen molar-refractivity contribution in [1.82, 2.24) is 9.78 Å². The van der Waals surface area contributed by atoms with Gasteiger partial charge in [0.1, 0.15) is 12.2 Å². The average Bonchev–Trinajstić information content (AvgIpc) is 2.71. The summed E-state index contributed by atoms with van der Waals surface area (Å²) < 4.78 is 12.7. The fourth-order valence-electron chi connectivity index (χ4n) is 3.24. The normalized spacial score (nSPS) is 11.3. The molecular weight excluding hydrogens is 452 g/mol. The number of esters is 1. The van der Waals surface area contributed by atoms with Crippen molar-refractivity contribution in [2.24, 2.45) is 0 Å². The van der Waals surface area contributed by atoms with Crippen LogP contribution < -0.4 is 11.2 Å². The number of fused-ring (bicyclic) bond motifs is 2. The summed E-state index contributed by atoms with van der Waals surface area (Å²) in [6, 6.07) is 13.1. The Labute approximate surface area is 179 Å². The molecule has 0 N–H and O–H groups in total. The molecule has 0 fully saturated rings. The van der Waals surface area contributed by atoms with Gasteiger partial charge in [-0.15, -0.1) is 0 Å². The summed E-state index contributed by atoms with van der Waals surface area (Å²) in [5.41, 5.74) is 0.148. The lowest BCUT2D eigenvalue weighted by atomic mass is 10.1. The number of carbonyl (C=O) groups is 1. The average molecular weight is 469 g/mol. The van der Waals surface area contributed by atoms with Crippen molar-refractivity contribution in [3.63, 3.8) is 0 Å². The first-order chi connectivity index (χ1) is 14.3. The molecule has 0 aliphatic heterocycles. The molecule has 0 atom stereocenters. The van der Waals surface area contributed by atoms with Crippen LogP contribution in [0.4, 0.5) is 0 Å². The molecule has 0 bridgehead atoms. The number of hydrogen-bond donors (Lipinski definition) is 0. The van der Waals surface area contributed by atoms with Gasteiger partial charge in [0.2, 0.25) is 0 Å². The minimum absolute atomic E-state index is 0.0499. The fourth-order valence-corrected chi connectivity index (χ4v) is 3.58. The first-order valence-electron chi connectivity index (χ1n) is 9.26. The summed E-state index contributed by atoms with van der Waals surface area (Å²) in [4.78, 5) is 37.4. The van der Waals surface area contributed by atoms with E-state index in [1.165, 1.54) is 10.7 Å². The van der Waals surface area contributed by atoms with Gasteiger partial charge in [0, 0.05) is 26.9 Å². The Morgan fingerprint density at radius 1 is 1.10 bits per heavy atom. The SMILES string of the molecule is CC(C)n1nc(C(=O)OCc2cc(=O)oc3cc(Br)ccc23)c2ccccc2c1=O. The predicted molar refractivity (Wildman–Crippen MR) is 116 cm³/mol. The molecule has 2 aromatic carbocycles. The fraction of sp³-hybridized carbons (Fsp3) is 0.182. The number of aromatic nitrogens is 2. The zero-order valence-electron chi connectivity index (χ0n) is 16.2. The van der Waals surface area contributed by atoms with Gasteiger partial charge in [-0.1, -0.05) is 34.1 Å². The van der Waals surface area contributed by atoms with Crippen LogP contribution in [0.2, 0.25) is 0 Å². The second kappa shape index (κ2) is 7.87. The van der Waals surface area contributed by atoms with Crippen molar-refractivity contribution in [2.45, 2.75) is 26.5 Å². The molecule has 0 aliphatic rings. The van der Waals surface area contributed by atoms with Gasteiger partial charge in [-0.3, -0.25) is 4.79 Å². The third kappa shape index (κ3) is 3.66. The van der Waals surface area contributed by atoms with E-state index in [9.17, 15) is 14.4 Å². The maximum absolute atomic E-state index is 12.9. The zero-order valence-corrected chi connectivity index (χ0v) is 17.8. The third-order valence-corrected chi connectivity index (χ3v) is 5.16. The highest BCUT2D eigenvalue weighted by molar-refractivity contribution is 9.10. The Hall–Kier alpha value is -3.26. The zero-order chi connectivity index (χ0) is 21.4. The Morgan fingerprint density at radius 2 is 1.83 bits per heavy atom. The highest BCUT2D eigenvalue weighted by Gasteiger charge is 2.19. The van der Waals surface area contributed by atoms with Crippen LogP contribution in [0.5, 0.6) is 0 Å². The van der Waals surface area contributed by atoms with Crippen LogP contribution in [0, 0.1) is 0 Å². The van der Waals surface area contributed by atoms with Gasteiger partial charge < -0.3 is 9.15 Å². The lowest BCUT2D eigenvalue weighted by molar-refractivity contribution is 0.0466. The van der Waals surface area contributed by atoms with Gasteiger partial charge in [0.05, 0.1) is 11.4 Å². The topological polar surface area (TPSA) is 91.4 Å². The van der Waals surface area contributed by atoms with Crippen molar-refractivity contribution < 1.29 is 13.9 Å². The predicted octanol–water partition coefficient (Wildman–Crippen LogP) is 4.20. The molecule has 8 heteroatoms. The summed E-state index contributed by atoms with van der Waals surface area (Å²) in [6.07, 6.45) is 0. The van der Waals surface area contributed by atoms with Crippen LogP contribution in [-0.2, 0) is 11.3 Å². The van der Waals surface area contributed by atoms with Crippen molar-refractivity contribution in [3.05, 3.63) is 85.0 Å². The first-order valence-corrected chi connectivity index (χ1v) is 10.1.